The molecular weight excluding hydrogens is 314 g/mol. The third-order valence-electron chi connectivity index (χ3n) is 4.64. The monoisotopic (exact) mass is 335 g/mol. The second-order valence-corrected chi connectivity index (χ2v) is 6.49. The first-order valence-electron chi connectivity index (χ1n) is 8.16. The standard InChI is InChI=1S/C21H21NO3/c1-11-6-7-17(25-5)16(8-11)22-19-18(20(23)21(19)24)15-10-13(3)12(2)9-14(15)4/h6-10,22H,1-5H3. The molecule has 0 atom stereocenters. The van der Waals surface area contributed by atoms with E-state index in [1.165, 1.54) is 0 Å². The predicted molar refractivity (Wildman–Crippen MR) is 102 cm³/mol. The van der Waals surface area contributed by atoms with E-state index in [0.717, 1.165) is 27.8 Å². The molecule has 3 aromatic rings. The van der Waals surface area contributed by atoms with Crippen LogP contribution in [0.25, 0.3) is 11.1 Å². The Morgan fingerprint density at radius 3 is 2.20 bits per heavy atom. The Hall–Kier alpha value is -2.88. The minimum atomic E-state index is -0.490. The molecule has 3 rings (SSSR count). The zero-order chi connectivity index (χ0) is 18.3. The van der Waals surface area contributed by atoms with Crippen molar-refractivity contribution in [3.05, 3.63) is 73.0 Å². The lowest BCUT2D eigenvalue weighted by Gasteiger charge is -2.18. The number of methoxy groups -OCH3 is 1. The summed E-state index contributed by atoms with van der Waals surface area (Å²) in [5.74, 6) is 0.626. The summed E-state index contributed by atoms with van der Waals surface area (Å²) in [6, 6.07) is 9.68. The SMILES string of the molecule is COc1ccc(C)cc1Nc1c(-c2cc(C)c(C)cc2C)c(=O)c1=O. The first kappa shape index (κ1) is 17.0. The molecule has 0 aliphatic carbocycles. The average molecular weight is 335 g/mol. The fourth-order valence-electron chi connectivity index (χ4n) is 3.05. The lowest BCUT2D eigenvalue weighted by Crippen LogP contribution is -2.35. The highest BCUT2D eigenvalue weighted by Gasteiger charge is 2.24. The molecule has 0 radical (unpaired) electrons. The molecule has 0 aliphatic heterocycles. The molecule has 0 bridgehead atoms. The van der Waals surface area contributed by atoms with Gasteiger partial charge in [0, 0.05) is 0 Å². The van der Waals surface area contributed by atoms with Crippen molar-refractivity contribution in [1.82, 2.24) is 0 Å². The highest BCUT2D eigenvalue weighted by Crippen LogP contribution is 2.34. The number of ether oxygens (including phenoxy) is 1. The van der Waals surface area contributed by atoms with Gasteiger partial charge >= 0.3 is 0 Å². The van der Waals surface area contributed by atoms with Crippen LogP contribution in [-0.4, -0.2) is 7.11 Å². The molecule has 4 heteroatoms. The van der Waals surface area contributed by atoms with Crippen molar-refractivity contribution in [3.63, 3.8) is 0 Å². The molecule has 0 fully saturated rings. The number of nitrogens with one attached hydrogen (secondary N) is 1. The molecule has 25 heavy (non-hydrogen) atoms. The van der Waals surface area contributed by atoms with E-state index in [-0.39, 0.29) is 0 Å². The Morgan fingerprint density at radius 2 is 1.52 bits per heavy atom. The van der Waals surface area contributed by atoms with E-state index < -0.39 is 10.9 Å². The van der Waals surface area contributed by atoms with Crippen LogP contribution in [-0.2, 0) is 0 Å². The molecule has 0 saturated heterocycles. The Balaban J connectivity index is 2.12. The number of aryl methyl sites for hydroxylation is 4. The van der Waals surface area contributed by atoms with Crippen LogP contribution >= 0.6 is 0 Å². The molecule has 3 aromatic carbocycles. The first-order valence-corrected chi connectivity index (χ1v) is 8.16. The smallest absolute Gasteiger partial charge is 0.250 e. The fourth-order valence-corrected chi connectivity index (χ4v) is 3.05. The number of rotatable bonds is 4. The predicted octanol–water partition coefficient (Wildman–Crippen LogP) is 3.94. The van der Waals surface area contributed by atoms with Crippen molar-refractivity contribution in [3.8, 4) is 16.9 Å². The quantitative estimate of drug-likeness (QED) is 0.734. The Bertz CT molecular complexity index is 1040. The van der Waals surface area contributed by atoms with E-state index in [1.54, 1.807) is 7.11 Å². The van der Waals surface area contributed by atoms with Gasteiger partial charge in [0.05, 0.1) is 18.4 Å². The minimum absolute atomic E-state index is 0.334. The number of hydrogen-bond donors (Lipinski definition) is 1. The van der Waals surface area contributed by atoms with Gasteiger partial charge in [0.1, 0.15) is 11.4 Å². The molecule has 0 spiro atoms. The summed E-state index contributed by atoms with van der Waals surface area (Å²) in [6.07, 6.45) is 0. The van der Waals surface area contributed by atoms with Gasteiger partial charge in [-0.2, -0.15) is 0 Å². The van der Waals surface area contributed by atoms with Crippen molar-refractivity contribution in [2.75, 3.05) is 12.4 Å². The van der Waals surface area contributed by atoms with Crippen molar-refractivity contribution in [2.45, 2.75) is 27.7 Å². The normalized spacial score (nSPS) is 10.9. The van der Waals surface area contributed by atoms with Gasteiger partial charge in [-0.3, -0.25) is 9.59 Å². The molecule has 0 saturated carbocycles. The van der Waals surface area contributed by atoms with Crippen LogP contribution in [0.2, 0.25) is 0 Å². The Kier molecular flexibility index (Phi) is 4.21. The molecule has 1 N–H and O–H groups in total. The third-order valence-corrected chi connectivity index (χ3v) is 4.64. The fraction of sp³-hybridized carbons (Fsp3) is 0.238. The van der Waals surface area contributed by atoms with Gasteiger partial charge in [0.2, 0.25) is 5.43 Å². The van der Waals surface area contributed by atoms with Crippen molar-refractivity contribution in [1.29, 1.82) is 0 Å². The van der Waals surface area contributed by atoms with Crippen molar-refractivity contribution < 1.29 is 4.74 Å². The lowest BCUT2D eigenvalue weighted by molar-refractivity contribution is 0.416. The number of benzene rings is 2. The molecule has 128 valence electrons. The van der Waals surface area contributed by atoms with Crippen molar-refractivity contribution >= 4 is 11.4 Å². The van der Waals surface area contributed by atoms with Gasteiger partial charge in [0.25, 0.3) is 5.43 Å². The zero-order valence-electron chi connectivity index (χ0n) is 15.1. The summed E-state index contributed by atoms with van der Waals surface area (Å²) < 4.78 is 5.35. The summed E-state index contributed by atoms with van der Waals surface area (Å²) in [4.78, 5) is 24.4. The van der Waals surface area contributed by atoms with Gasteiger partial charge in [-0.1, -0.05) is 18.2 Å². The van der Waals surface area contributed by atoms with Crippen LogP contribution in [0.15, 0.2) is 39.9 Å². The van der Waals surface area contributed by atoms with Gasteiger partial charge in [-0.05, 0) is 67.6 Å². The maximum absolute atomic E-state index is 12.3. The van der Waals surface area contributed by atoms with Crippen LogP contribution in [0.3, 0.4) is 0 Å². The second-order valence-electron chi connectivity index (χ2n) is 6.49. The zero-order valence-corrected chi connectivity index (χ0v) is 15.1. The van der Waals surface area contributed by atoms with E-state index in [9.17, 15) is 9.59 Å². The van der Waals surface area contributed by atoms with Crippen LogP contribution in [0.4, 0.5) is 11.4 Å². The molecule has 4 nitrogen and oxygen atoms in total. The van der Waals surface area contributed by atoms with Crippen LogP contribution in [0, 0.1) is 27.7 Å². The molecule has 0 heterocycles. The summed E-state index contributed by atoms with van der Waals surface area (Å²) >= 11 is 0. The van der Waals surface area contributed by atoms with Crippen LogP contribution in [0.1, 0.15) is 22.3 Å². The first-order chi connectivity index (χ1) is 11.8. The summed E-state index contributed by atoms with van der Waals surface area (Å²) in [7, 11) is 1.58. The average Bonchev–Trinajstić information content (AvgIpc) is 2.58. The molecule has 0 aromatic heterocycles. The Labute approximate surface area is 146 Å². The van der Waals surface area contributed by atoms with Gasteiger partial charge in [-0.15, -0.1) is 0 Å². The topological polar surface area (TPSA) is 55.4 Å². The molecule has 0 aliphatic rings. The van der Waals surface area contributed by atoms with E-state index in [0.29, 0.717) is 22.7 Å². The summed E-state index contributed by atoms with van der Waals surface area (Å²) in [5, 5.41) is 3.11. The highest BCUT2D eigenvalue weighted by molar-refractivity contribution is 5.87. The lowest BCUT2D eigenvalue weighted by atomic mass is 9.91. The van der Waals surface area contributed by atoms with E-state index in [4.69, 9.17) is 4.74 Å². The third kappa shape index (κ3) is 2.84. The second kappa shape index (κ2) is 6.20. The summed E-state index contributed by atoms with van der Waals surface area (Å²) in [6.45, 7) is 7.95. The number of anilines is 2. The molecule has 0 unspecified atom stereocenters. The number of hydrogen-bond acceptors (Lipinski definition) is 4. The highest BCUT2D eigenvalue weighted by atomic mass is 16.5. The van der Waals surface area contributed by atoms with E-state index >= 15 is 0 Å². The van der Waals surface area contributed by atoms with E-state index in [1.807, 2.05) is 58.0 Å². The van der Waals surface area contributed by atoms with Crippen LogP contribution in [0.5, 0.6) is 5.75 Å². The molecule has 0 amide bonds. The van der Waals surface area contributed by atoms with Gasteiger partial charge in [-0.25, -0.2) is 0 Å². The van der Waals surface area contributed by atoms with Gasteiger partial charge in [0.15, 0.2) is 0 Å². The summed E-state index contributed by atoms with van der Waals surface area (Å²) in [5.41, 5.74) is 5.60. The maximum atomic E-state index is 12.3. The van der Waals surface area contributed by atoms with Gasteiger partial charge < -0.3 is 10.1 Å². The van der Waals surface area contributed by atoms with Crippen LogP contribution < -0.4 is 20.9 Å². The Morgan fingerprint density at radius 1 is 0.840 bits per heavy atom. The van der Waals surface area contributed by atoms with Crippen molar-refractivity contribution in [2.24, 2.45) is 0 Å². The largest absolute Gasteiger partial charge is 0.495 e. The molecular formula is C21H21NO3. The van der Waals surface area contributed by atoms with E-state index in [2.05, 4.69) is 5.32 Å². The maximum Gasteiger partial charge on any atom is 0.250 e. The minimum Gasteiger partial charge on any atom is -0.495 e.